The first-order valence-corrected chi connectivity index (χ1v) is 5.30. The fourth-order valence-corrected chi connectivity index (χ4v) is 1.62. The van der Waals surface area contributed by atoms with Gasteiger partial charge >= 0.3 is 0 Å². The normalized spacial score (nSPS) is 14.9. The molecule has 0 aliphatic heterocycles. The van der Waals surface area contributed by atoms with Crippen molar-refractivity contribution in [2.75, 3.05) is 19.5 Å². The maximum atomic E-state index is 6.11. The van der Waals surface area contributed by atoms with E-state index in [1.54, 1.807) is 20.3 Å². The Hall–Kier alpha value is -1.09. The van der Waals surface area contributed by atoms with Gasteiger partial charge in [-0.05, 0) is 12.8 Å². The topological polar surface area (TPSA) is 30.5 Å². The SMILES string of the molecule is COc1cc(Cl)c(NC2CC2)cc1OC. The van der Waals surface area contributed by atoms with Crippen molar-refractivity contribution in [1.82, 2.24) is 0 Å². The monoisotopic (exact) mass is 227 g/mol. The summed E-state index contributed by atoms with van der Waals surface area (Å²) >= 11 is 6.11. The molecule has 0 bridgehead atoms. The van der Waals surface area contributed by atoms with Gasteiger partial charge in [-0.25, -0.2) is 0 Å². The molecule has 1 aliphatic rings. The zero-order valence-electron chi connectivity index (χ0n) is 8.84. The maximum Gasteiger partial charge on any atom is 0.162 e. The minimum atomic E-state index is 0.570. The van der Waals surface area contributed by atoms with E-state index in [-0.39, 0.29) is 0 Å². The summed E-state index contributed by atoms with van der Waals surface area (Å²) in [4.78, 5) is 0. The van der Waals surface area contributed by atoms with Crippen LogP contribution in [0.3, 0.4) is 0 Å². The van der Waals surface area contributed by atoms with Gasteiger partial charge in [-0.1, -0.05) is 11.6 Å². The van der Waals surface area contributed by atoms with Crippen molar-refractivity contribution < 1.29 is 9.47 Å². The number of hydrogen-bond donors (Lipinski definition) is 1. The molecule has 1 aromatic carbocycles. The smallest absolute Gasteiger partial charge is 0.162 e. The first-order chi connectivity index (χ1) is 7.24. The van der Waals surface area contributed by atoms with E-state index in [1.807, 2.05) is 6.07 Å². The summed E-state index contributed by atoms with van der Waals surface area (Å²) in [7, 11) is 3.22. The number of rotatable bonds is 4. The number of nitrogens with one attached hydrogen (secondary N) is 1. The predicted molar refractivity (Wildman–Crippen MR) is 61.2 cm³/mol. The summed E-state index contributed by atoms with van der Waals surface area (Å²) in [5.74, 6) is 1.36. The second kappa shape index (κ2) is 4.19. The molecule has 0 aromatic heterocycles. The molecule has 0 saturated heterocycles. The highest BCUT2D eigenvalue weighted by Crippen LogP contribution is 2.38. The zero-order chi connectivity index (χ0) is 10.8. The van der Waals surface area contributed by atoms with Crippen LogP contribution >= 0.6 is 11.6 Å². The van der Waals surface area contributed by atoms with Crippen LogP contribution in [-0.2, 0) is 0 Å². The van der Waals surface area contributed by atoms with E-state index in [2.05, 4.69) is 5.32 Å². The number of benzene rings is 1. The van der Waals surface area contributed by atoms with Crippen molar-refractivity contribution in [3.05, 3.63) is 17.2 Å². The molecule has 0 heterocycles. The van der Waals surface area contributed by atoms with E-state index in [9.17, 15) is 0 Å². The van der Waals surface area contributed by atoms with E-state index in [0.29, 0.717) is 22.6 Å². The van der Waals surface area contributed by atoms with Crippen molar-refractivity contribution in [1.29, 1.82) is 0 Å². The fraction of sp³-hybridized carbons (Fsp3) is 0.455. The highest BCUT2D eigenvalue weighted by atomic mass is 35.5. The summed E-state index contributed by atoms with van der Waals surface area (Å²) in [6.07, 6.45) is 2.43. The van der Waals surface area contributed by atoms with Crippen molar-refractivity contribution in [3.8, 4) is 11.5 Å². The standard InChI is InChI=1S/C11H14ClNO2/c1-14-10-5-8(12)9(6-11(10)15-2)13-7-3-4-7/h5-7,13H,3-4H2,1-2H3. The summed E-state index contributed by atoms with van der Waals surface area (Å²) < 4.78 is 10.4. The molecule has 1 N–H and O–H groups in total. The van der Waals surface area contributed by atoms with E-state index >= 15 is 0 Å². The lowest BCUT2D eigenvalue weighted by atomic mass is 10.2. The third kappa shape index (κ3) is 2.29. The summed E-state index contributed by atoms with van der Waals surface area (Å²) in [5, 5.41) is 4.01. The van der Waals surface area contributed by atoms with Gasteiger partial charge in [0.15, 0.2) is 11.5 Å². The van der Waals surface area contributed by atoms with Gasteiger partial charge in [-0.2, -0.15) is 0 Å². The lowest BCUT2D eigenvalue weighted by molar-refractivity contribution is 0.355. The maximum absolute atomic E-state index is 6.11. The van der Waals surface area contributed by atoms with Crippen LogP contribution in [0.2, 0.25) is 5.02 Å². The number of hydrogen-bond acceptors (Lipinski definition) is 3. The Labute approximate surface area is 94.3 Å². The molecule has 1 aromatic rings. The van der Waals surface area contributed by atoms with E-state index < -0.39 is 0 Å². The quantitative estimate of drug-likeness (QED) is 0.858. The van der Waals surface area contributed by atoms with Crippen molar-refractivity contribution >= 4 is 17.3 Å². The van der Waals surface area contributed by atoms with Gasteiger partial charge in [0, 0.05) is 18.2 Å². The van der Waals surface area contributed by atoms with Crippen LogP contribution in [0, 0.1) is 0 Å². The van der Waals surface area contributed by atoms with E-state index in [0.717, 1.165) is 5.69 Å². The summed E-state index contributed by atoms with van der Waals surface area (Å²) in [6, 6.07) is 4.21. The Morgan fingerprint density at radius 2 is 1.80 bits per heavy atom. The van der Waals surface area contributed by atoms with Crippen LogP contribution in [0.4, 0.5) is 5.69 Å². The number of halogens is 1. The largest absolute Gasteiger partial charge is 0.493 e. The average Bonchev–Trinajstić information content (AvgIpc) is 3.04. The summed E-state index contributed by atoms with van der Waals surface area (Å²) in [5.41, 5.74) is 0.914. The van der Waals surface area contributed by atoms with Crippen LogP contribution in [0.5, 0.6) is 11.5 Å². The second-order valence-corrected chi connectivity index (χ2v) is 4.01. The third-order valence-corrected chi connectivity index (χ3v) is 2.72. The van der Waals surface area contributed by atoms with E-state index in [4.69, 9.17) is 21.1 Å². The van der Waals surface area contributed by atoms with Crippen LogP contribution in [0.25, 0.3) is 0 Å². The molecule has 82 valence electrons. The van der Waals surface area contributed by atoms with E-state index in [1.165, 1.54) is 12.8 Å². The molecule has 0 spiro atoms. The lowest BCUT2D eigenvalue weighted by Crippen LogP contribution is -2.02. The van der Waals surface area contributed by atoms with Crippen LogP contribution in [-0.4, -0.2) is 20.3 Å². The number of anilines is 1. The number of methoxy groups -OCH3 is 2. The molecule has 0 unspecified atom stereocenters. The van der Waals surface area contributed by atoms with Crippen molar-refractivity contribution in [2.45, 2.75) is 18.9 Å². The minimum absolute atomic E-state index is 0.570. The molecule has 1 aliphatic carbocycles. The molecule has 4 heteroatoms. The van der Waals surface area contributed by atoms with Gasteiger partial charge in [-0.15, -0.1) is 0 Å². The number of ether oxygens (including phenoxy) is 2. The molecular weight excluding hydrogens is 214 g/mol. The van der Waals surface area contributed by atoms with Gasteiger partial charge in [0.25, 0.3) is 0 Å². The third-order valence-electron chi connectivity index (χ3n) is 2.41. The Balaban J connectivity index is 2.28. The van der Waals surface area contributed by atoms with Crippen LogP contribution in [0.15, 0.2) is 12.1 Å². The second-order valence-electron chi connectivity index (χ2n) is 3.61. The highest BCUT2D eigenvalue weighted by molar-refractivity contribution is 6.33. The Bertz CT molecular complexity index is 364. The van der Waals surface area contributed by atoms with Crippen molar-refractivity contribution in [3.63, 3.8) is 0 Å². The van der Waals surface area contributed by atoms with Gasteiger partial charge < -0.3 is 14.8 Å². The van der Waals surface area contributed by atoms with Gasteiger partial charge in [0.05, 0.1) is 24.9 Å². The van der Waals surface area contributed by atoms with Gasteiger partial charge in [0.2, 0.25) is 0 Å². The molecule has 0 atom stereocenters. The molecule has 0 radical (unpaired) electrons. The molecule has 2 rings (SSSR count). The molecule has 3 nitrogen and oxygen atoms in total. The Morgan fingerprint density at radius 1 is 1.20 bits per heavy atom. The van der Waals surface area contributed by atoms with Gasteiger partial charge in [-0.3, -0.25) is 0 Å². The predicted octanol–water partition coefficient (Wildman–Crippen LogP) is 2.93. The van der Waals surface area contributed by atoms with Gasteiger partial charge in [0.1, 0.15) is 0 Å². The fourth-order valence-electron chi connectivity index (χ4n) is 1.41. The van der Waals surface area contributed by atoms with Crippen LogP contribution in [0.1, 0.15) is 12.8 Å². The van der Waals surface area contributed by atoms with Crippen molar-refractivity contribution in [2.24, 2.45) is 0 Å². The molecular formula is C11H14ClNO2. The zero-order valence-corrected chi connectivity index (χ0v) is 9.60. The molecule has 15 heavy (non-hydrogen) atoms. The molecule has 1 saturated carbocycles. The minimum Gasteiger partial charge on any atom is -0.493 e. The average molecular weight is 228 g/mol. The Kier molecular flexibility index (Phi) is 2.91. The first kappa shape index (κ1) is 10.4. The molecule has 0 amide bonds. The molecule has 1 fully saturated rings. The lowest BCUT2D eigenvalue weighted by Gasteiger charge is -2.12. The van der Waals surface area contributed by atoms with Crippen LogP contribution < -0.4 is 14.8 Å². The first-order valence-electron chi connectivity index (χ1n) is 4.92. The summed E-state index contributed by atoms with van der Waals surface area (Å²) in [6.45, 7) is 0. The Morgan fingerprint density at radius 3 is 2.33 bits per heavy atom. The highest BCUT2D eigenvalue weighted by Gasteiger charge is 2.22.